The lowest BCUT2D eigenvalue weighted by Crippen LogP contribution is -2.29. The van der Waals surface area contributed by atoms with Gasteiger partial charge in [-0.2, -0.15) is 18.3 Å². The zero-order chi connectivity index (χ0) is 21.3. The zero-order valence-electron chi connectivity index (χ0n) is 15.4. The van der Waals surface area contributed by atoms with Crippen LogP contribution >= 0.6 is 0 Å². The molecule has 29 heavy (non-hydrogen) atoms. The molecule has 0 bridgehead atoms. The molecule has 1 atom stereocenters. The Morgan fingerprint density at radius 3 is 2.38 bits per heavy atom. The normalized spacial score (nSPS) is 12.7. The minimum atomic E-state index is -4.87. The maximum atomic E-state index is 13.9. The third kappa shape index (κ3) is 4.28. The van der Waals surface area contributed by atoms with E-state index >= 15 is 0 Å². The Labute approximate surface area is 163 Å². The van der Waals surface area contributed by atoms with Crippen molar-refractivity contribution < 1.29 is 26.7 Å². The number of aromatic nitrogens is 2. The van der Waals surface area contributed by atoms with E-state index in [9.17, 15) is 26.7 Å². The second-order valence-electron chi connectivity index (χ2n) is 6.51. The molecule has 2 aromatic carbocycles. The molecule has 1 unspecified atom stereocenters. The number of halogens is 5. The summed E-state index contributed by atoms with van der Waals surface area (Å²) in [5.74, 6) is -2.62. The van der Waals surface area contributed by atoms with Gasteiger partial charge >= 0.3 is 6.18 Å². The number of benzene rings is 2. The largest absolute Gasteiger partial charge is 0.434 e. The Hall–Kier alpha value is -3.23. The lowest BCUT2D eigenvalue weighted by atomic mass is 10.1. The van der Waals surface area contributed by atoms with Gasteiger partial charge in [0.25, 0.3) is 5.91 Å². The van der Waals surface area contributed by atoms with E-state index < -0.39 is 41.0 Å². The van der Waals surface area contributed by atoms with Crippen molar-refractivity contribution in [2.24, 2.45) is 0 Å². The van der Waals surface area contributed by atoms with Gasteiger partial charge in [-0.1, -0.05) is 17.7 Å². The molecule has 0 aliphatic rings. The second-order valence-corrected chi connectivity index (χ2v) is 6.51. The molecule has 0 aliphatic heterocycles. The Morgan fingerprint density at radius 1 is 1.10 bits per heavy atom. The number of hydrogen-bond acceptors (Lipinski definition) is 2. The molecule has 0 saturated carbocycles. The molecular weight excluding hydrogens is 393 g/mol. The Morgan fingerprint density at radius 2 is 1.76 bits per heavy atom. The highest BCUT2D eigenvalue weighted by Gasteiger charge is 2.40. The van der Waals surface area contributed by atoms with Gasteiger partial charge in [0.2, 0.25) is 0 Å². The first-order valence-corrected chi connectivity index (χ1v) is 8.56. The quantitative estimate of drug-likeness (QED) is 0.619. The van der Waals surface area contributed by atoms with Crippen LogP contribution in [0.15, 0.2) is 48.7 Å². The second kappa shape index (κ2) is 7.65. The van der Waals surface area contributed by atoms with Crippen molar-refractivity contribution in [1.29, 1.82) is 0 Å². The highest BCUT2D eigenvalue weighted by atomic mass is 19.4. The van der Waals surface area contributed by atoms with Gasteiger partial charge in [0.1, 0.15) is 11.6 Å². The van der Waals surface area contributed by atoms with Crippen LogP contribution in [0.25, 0.3) is 5.69 Å². The molecule has 152 valence electrons. The van der Waals surface area contributed by atoms with Crippen LogP contribution in [-0.4, -0.2) is 15.7 Å². The van der Waals surface area contributed by atoms with Gasteiger partial charge in [0.05, 0.1) is 23.5 Å². The Balaban J connectivity index is 1.96. The number of carbonyl (C=O) groups is 1. The summed E-state index contributed by atoms with van der Waals surface area (Å²) in [6.45, 7) is 3.12. The Kier molecular flexibility index (Phi) is 5.41. The summed E-state index contributed by atoms with van der Waals surface area (Å²) < 4.78 is 69.0. The van der Waals surface area contributed by atoms with Crippen molar-refractivity contribution in [3.8, 4) is 5.69 Å². The summed E-state index contributed by atoms with van der Waals surface area (Å²) in [7, 11) is 0. The number of nitrogens with zero attached hydrogens (tertiary/aromatic N) is 2. The van der Waals surface area contributed by atoms with Gasteiger partial charge in [0, 0.05) is 5.56 Å². The van der Waals surface area contributed by atoms with Gasteiger partial charge in [-0.15, -0.1) is 0 Å². The van der Waals surface area contributed by atoms with E-state index in [0.717, 1.165) is 30.0 Å². The van der Waals surface area contributed by atoms with Crippen molar-refractivity contribution in [1.82, 2.24) is 15.1 Å². The van der Waals surface area contributed by atoms with Crippen LogP contribution in [0.3, 0.4) is 0 Å². The number of rotatable bonds is 4. The van der Waals surface area contributed by atoms with Gasteiger partial charge in [0.15, 0.2) is 5.69 Å². The fourth-order valence-electron chi connectivity index (χ4n) is 2.87. The van der Waals surface area contributed by atoms with Gasteiger partial charge in [-0.05, 0) is 44.2 Å². The molecule has 1 heterocycles. The van der Waals surface area contributed by atoms with Crippen LogP contribution in [-0.2, 0) is 6.18 Å². The average Bonchev–Trinajstić information content (AvgIpc) is 3.10. The van der Waals surface area contributed by atoms with E-state index in [2.05, 4.69) is 10.4 Å². The van der Waals surface area contributed by atoms with Gasteiger partial charge in [-0.3, -0.25) is 4.79 Å². The van der Waals surface area contributed by atoms with E-state index in [0.29, 0.717) is 4.68 Å². The average molecular weight is 409 g/mol. The molecule has 1 aromatic heterocycles. The van der Waals surface area contributed by atoms with Crippen molar-refractivity contribution in [3.05, 3.63) is 82.7 Å². The summed E-state index contributed by atoms with van der Waals surface area (Å²) in [4.78, 5) is 12.5. The van der Waals surface area contributed by atoms with E-state index in [1.807, 2.05) is 0 Å². The van der Waals surface area contributed by atoms with Crippen LogP contribution in [0.4, 0.5) is 22.0 Å². The first-order valence-electron chi connectivity index (χ1n) is 8.56. The van der Waals surface area contributed by atoms with Crippen LogP contribution in [0, 0.1) is 18.6 Å². The highest BCUT2D eigenvalue weighted by molar-refractivity contribution is 5.95. The fraction of sp³-hybridized carbons (Fsp3) is 0.200. The number of nitrogens with one attached hydrogen (secondary N) is 1. The SMILES string of the molecule is Cc1ccc(-n2ncc(C(=O)NC(C)c3cc(F)ccc3F)c2C(F)(F)F)cc1. The molecule has 0 saturated heterocycles. The van der Waals surface area contributed by atoms with Crippen LogP contribution in [0.2, 0.25) is 0 Å². The molecular formula is C20H16F5N3O. The van der Waals surface area contributed by atoms with Crippen molar-refractivity contribution >= 4 is 5.91 Å². The summed E-state index contributed by atoms with van der Waals surface area (Å²) >= 11 is 0. The molecule has 3 rings (SSSR count). The highest BCUT2D eigenvalue weighted by Crippen LogP contribution is 2.34. The Bertz CT molecular complexity index is 1040. The smallest absolute Gasteiger partial charge is 0.345 e. The third-order valence-corrected chi connectivity index (χ3v) is 4.33. The topological polar surface area (TPSA) is 46.9 Å². The lowest BCUT2D eigenvalue weighted by Gasteiger charge is -2.17. The minimum absolute atomic E-state index is 0.131. The van der Waals surface area contributed by atoms with Crippen molar-refractivity contribution in [3.63, 3.8) is 0 Å². The maximum absolute atomic E-state index is 13.9. The standard InChI is InChI=1S/C20H16F5N3O/c1-11-3-6-14(7-4-11)28-18(20(23,24)25)16(10-26-28)19(29)27-12(2)15-9-13(21)5-8-17(15)22/h3-10,12H,1-2H3,(H,27,29). The van der Waals surface area contributed by atoms with E-state index in [-0.39, 0.29) is 11.3 Å². The molecule has 0 fully saturated rings. The fourth-order valence-corrected chi connectivity index (χ4v) is 2.87. The van der Waals surface area contributed by atoms with Crippen LogP contribution in [0.5, 0.6) is 0 Å². The zero-order valence-corrected chi connectivity index (χ0v) is 15.4. The van der Waals surface area contributed by atoms with E-state index in [1.165, 1.54) is 19.1 Å². The molecule has 1 amide bonds. The molecule has 4 nitrogen and oxygen atoms in total. The summed E-state index contributed by atoms with van der Waals surface area (Å²) in [6.07, 6.45) is -4.08. The number of aryl methyl sites for hydroxylation is 1. The summed E-state index contributed by atoms with van der Waals surface area (Å²) in [5.41, 5.74) is -1.19. The molecule has 3 aromatic rings. The first-order chi connectivity index (χ1) is 13.6. The van der Waals surface area contributed by atoms with Gasteiger partial charge < -0.3 is 5.32 Å². The predicted octanol–water partition coefficient (Wildman–Crippen LogP) is 4.97. The van der Waals surface area contributed by atoms with Crippen LogP contribution in [0.1, 0.15) is 40.1 Å². The van der Waals surface area contributed by atoms with E-state index in [4.69, 9.17) is 0 Å². The van der Waals surface area contributed by atoms with Crippen molar-refractivity contribution in [2.75, 3.05) is 0 Å². The molecule has 0 radical (unpaired) electrons. The molecule has 0 aliphatic carbocycles. The molecule has 0 spiro atoms. The third-order valence-electron chi connectivity index (χ3n) is 4.33. The summed E-state index contributed by atoms with van der Waals surface area (Å²) in [6, 6.07) is 7.72. The monoisotopic (exact) mass is 409 g/mol. The molecule has 9 heteroatoms. The van der Waals surface area contributed by atoms with Crippen molar-refractivity contribution in [2.45, 2.75) is 26.1 Å². The lowest BCUT2D eigenvalue weighted by molar-refractivity contribution is -0.143. The number of hydrogen-bond donors (Lipinski definition) is 1. The number of amides is 1. The predicted molar refractivity (Wildman–Crippen MR) is 95.5 cm³/mol. The van der Waals surface area contributed by atoms with Crippen LogP contribution < -0.4 is 5.32 Å². The number of carbonyl (C=O) groups excluding carboxylic acids is 1. The maximum Gasteiger partial charge on any atom is 0.434 e. The number of alkyl halides is 3. The molecule has 1 N–H and O–H groups in total. The summed E-state index contributed by atoms with van der Waals surface area (Å²) in [5, 5.41) is 5.99. The van der Waals surface area contributed by atoms with Gasteiger partial charge in [-0.25, -0.2) is 13.5 Å². The first kappa shape index (κ1) is 20.5. The minimum Gasteiger partial charge on any atom is -0.345 e. The van der Waals surface area contributed by atoms with E-state index in [1.54, 1.807) is 19.1 Å².